The van der Waals surface area contributed by atoms with Crippen LogP contribution in [-0.4, -0.2) is 37.6 Å². The Morgan fingerprint density at radius 2 is 2.05 bits per heavy atom. The van der Waals surface area contributed by atoms with Gasteiger partial charge in [0, 0.05) is 25.8 Å². The van der Waals surface area contributed by atoms with Gasteiger partial charge in [-0.25, -0.2) is 0 Å². The van der Waals surface area contributed by atoms with Crippen molar-refractivity contribution in [3.63, 3.8) is 0 Å². The van der Waals surface area contributed by atoms with E-state index < -0.39 is 0 Å². The fraction of sp³-hybridized carbons (Fsp3) is 0.529. The molecule has 3 atom stereocenters. The highest BCUT2D eigenvalue weighted by Gasteiger charge is 2.37. The van der Waals surface area contributed by atoms with Crippen LogP contribution in [-0.2, 0) is 14.3 Å². The van der Waals surface area contributed by atoms with Gasteiger partial charge in [-0.3, -0.25) is 9.59 Å². The lowest BCUT2D eigenvalue weighted by molar-refractivity contribution is -0.127. The third kappa shape index (κ3) is 2.99. The van der Waals surface area contributed by atoms with Crippen LogP contribution >= 0.6 is 0 Å². The Balaban J connectivity index is 1.62. The largest absolute Gasteiger partial charge is 0.379 e. The number of para-hydroxylation sites is 1. The summed E-state index contributed by atoms with van der Waals surface area (Å²) in [7, 11) is 1.69. The predicted octanol–water partition coefficient (Wildman–Crippen LogP) is 1.72. The van der Waals surface area contributed by atoms with Crippen LogP contribution in [0.3, 0.4) is 0 Å². The molecule has 2 aliphatic rings. The molecule has 1 saturated carbocycles. The number of ether oxygens (including phenoxy) is 1. The second-order valence-corrected chi connectivity index (χ2v) is 6.06. The molecule has 1 N–H and O–H groups in total. The lowest BCUT2D eigenvalue weighted by Crippen LogP contribution is -2.44. The van der Waals surface area contributed by atoms with E-state index in [1.807, 2.05) is 30.3 Å². The fourth-order valence-corrected chi connectivity index (χ4v) is 3.41. The average molecular weight is 302 g/mol. The number of hydrogen-bond donors (Lipinski definition) is 1. The van der Waals surface area contributed by atoms with Gasteiger partial charge in [-0.05, 0) is 31.4 Å². The standard InChI is InChI=1S/C17H22N2O3/c1-22-15-9-5-8-14(15)18-17(21)12-10-16(20)19(11-12)13-6-3-2-4-7-13/h2-4,6-7,12,14-15H,5,8-11H2,1H3,(H,18,21). The van der Waals surface area contributed by atoms with E-state index in [2.05, 4.69) is 5.32 Å². The maximum absolute atomic E-state index is 12.4. The minimum absolute atomic E-state index is 0.0149. The number of nitrogens with one attached hydrogen (secondary N) is 1. The molecule has 2 amide bonds. The molecule has 3 unspecified atom stereocenters. The van der Waals surface area contributed by atoms with E-state index in [9.17, 15) is 9.59 Å². The van der Waals surface area contributed by atoms with Crippen molar-refractivity contribution in [2.75, 3.05) is 18.6 Å². The highest BCUT2D eigenvalue weighted by molar-refractivity contribution is 6.00. The first-order valence-electron chi connectivity index (χ1n) is 7.87. The van der Waals surface area contributed by atoms with Gasteiger partial charge < -0.3 is 15.0 Å². The highest BCUT2D eigenvalue weighted by atomic mass is 16.5. The summed E-state index contributed by atoms with van der Waals surface area (Å²) in [6.45, 7) is 0.457. The van der Waals surface area contributed by atoms with Gasteiger partial charge in [-0.2, -0.15) is 0 Å². The second-order valence-electron chi connectivity index (χ2n) is 6.06. The first-order valence-corrected chi connectivity index (χ1v) is 7.87. The van der Waals surface area contributed by atoms with Crippen LogP contribution < -0.4 is 10.2 Å². The maximum atomic E-state index is 12.4. The van der Waals surface area contributed by atoms with Crippen molar-refractivity contribution in [2.45, 2.75) is 37.8 Å². The van der Waals surface area contributed by atoms with Crippen LogP contribution in [0.25, 0.3) is 0 Å². The minimum atomic E-state index is -0.272. The van der Waals surface area contributed by atoms with E-state index in [-0.39, 0.29) is 36.3 Å². The number of methoxy groups -OCH3 is 1. The molecule has 2 fully saturated rings. The molecule has 0 spiro atoms. The summed E-state index contributed by atoms with van der Waals surface area (Å²) in [4.78, 5) is 26.3. The topological polar surface area (TPSA) is 58.6 Å². The van der Waals surface area contributed by atoms with Crippen LogP contribution in [0.4, 0.5) is 5.69 Å². The summed E-state index contributed by atoms with van der Waals surface area (Å²) in [5, 5.41) is 3.07. The van der Waals surface area contributed by atoms with Crippen molar-refractivity contribution in [1.82, 2.24) is 5.32 Å². The fourth-order valence-electron chi connectivity index (χ4n) is 3.41. The first-order chi connectivity index (χ1) is 10.7. The quantitative estimate of drug-likeness (QED) is 0.921. The van der Waals surface area contributed by atoms with Crippen LogP contribution in [0, 0.1) is 5.92 Å². The summed E-state index contributed by atoms with van der Waals surface area (Å²) in [6, 6.07) is 9.60. The van der Waals surface area contributed by atoms with E-state index in [1.54, 1.807) is 12.0 Å². The number of hydrogen-bond acceptors (Lipinski definition) is 3. The number of nitrogens with zero attached hydrogens (tertiary/aromatic N) is 1. The van der Waals surface area contributed by atoms with Gasteiger partial charge in [-0.1, -0.05) is 18.2 Å². The summed E-state index contributed by atoms with van der Waals surface area (Å²) in [5.41, 5.74) is 0.860. The molecule has 5 heteroatoms. The lowest BCUT2D eigenvalue weighted by Gasteiger charge is -2.21. The molecule has 0 radical (unpaired) electrons. The summed E-state index contributed by atoms with van der Waals surface area (Å²) in [5.74, 6) is -0.285. The Morgan fingerprint density at radius 1 is 1.27 bits per heavy atom. The van der Waals surface area contributed by atoms with Crippen LogP contribution in [0.2, 0.25) is 0 Å². The Labute approximate surface area is 130 Å². The van der Waals surface area contributed by atoms with Crippen LogP contribution in [0.5, 0.6) is 0 Å². The summed E-state index contributed by atoms with van der Waals surface area (Å²) >= 11 is 0. The van der Waals surface area contributed by atoms with Crippen molar-refractivity contribution in [3.8, 4) is 0 Å². The van der Waals surface area contributed by atoms with E-state index >= 15 is 0 Å². The van der Waals surface area contributed by atoms with Crippen molar-refractivity contribution in [3.05, 3.63) is 30.3 Å². The van der Waals surface area contributed by atoms with Crippen molar-refractivity contribution < 1.29 is 14.3 Å². The molecule has 22 heavy (non-hydrogen) atoms. The van der Waals surface area contributed by atoms with Gasteiger partial charge in [0.2, 0.25) is 11.8 Å². The van der Waals surface area contributed by atoms with Gasteiger partial charge in [0.15, 0.2) is 0 Å². The number of carbonyl (C=O) groups excluding carboxylic acids is 2. The Hall–Kier alpha value is -1.88. The SMILES string of the molecule is COC1CCCC1NC(=O)C1CC(=O)N(c2ccccc2)C1. The number of amides is 2. The van der Waals surface area contributed by atoms with Gasteiger partial charge in [0.25, 0.3) is 0 Å². The van der Waals surface area contributed by atoms with E-state index in [4.69, 9.17) is 4.74 Å². The zero-order chi connectivity index (χ0) is 15.5. The number of anilines is 1. The smallest absolute Gasteiger partial charge is 0.227 e. The molecule has 1 aromatic rings. The average Bonchev–Trinajstić information content (AvgIpc) is 3.14. The van der Waals surface area contributed by atoms with Gasteiger partial charge in [0.1, 0.15) is 0 Å². The maximum Gasteiger partial charge on any atom is 0.227 e. The third-order valence-corrected chi connectivity index (χ3v) is 4.65. The second kappa shape index (κ2) is 6.48. The molecule has 1 aromatic carbocycles. The van der Waals surface area contributed by atoms with Crippen molar-refractivity contribution in [1.29, 1.82) is 0 Å². The van der Waals surface area contributed by atoms with E-state index in [0.29, 0.717) is 6.54 Å². The van der Waals surface area contributed by atoms with Gasteiger partial charge in [-0.15, -0.1) is 0 Å². The first kappa shape index (κ1) is 15.0. The predicted molar refractivity (Wildman–Crippen MR) is 83.5 cm³/mol. The summed E-state index contributed by atoms with van der Waals surface area (Å²) in [6.07, 6.45) is 3.40. The lowest BCUT2D eigenvalue weighted by atomic mass is 10.1. The molecule has 5 nitrogen and oxygen atoms in total. The zero-order valence-electron chi connectivity index (χ0n) is 12.8. The molecule has 3 rings (SSSR count). The highest BCUT2D eigenvalue weighted by Crippen LogP contribution is 2.26. The Kier molecular flexibility index (Phi) is 4.43. The monoisotopic (exact) mass is 302 g/mol. The number of carbonyl (C=O) groups is 2. The molecule has 1 aliphatic carbocycles. The van der Waals surface area contributed by atoms with Gasteiger partial charge in [0.05, 0.1) is 18.1 Å². The normalized spacial score (nSPS) is 28.1. The Morgan fingerprint density at radius 3 is 2.77 bits per heavy atom. The van der Waals surface area contributed by atoms with Crippen LogP contribution in [0.15, 0.2) is 30.3 Å². The molecule has 1 heterocycles. The van der Waals surface area contributed by atoms with E-state index in [1.165, 1.54) is 0 Å². The summed E-state index contributed by atoms with van der Waals surface area (Å²) < 4.78 is 5.41. The third-order valence-electron chi connectivity index (χ3n) is 4.65. The molecule has 1 saturated heterocycles. The van der Waals surface area contributed by atoms with Gasteiger partial charge >= 0.3 is 0 Å². The molecule has 118 valence electrons. The Bertz CT molecular complexity index is 546. The zero-order valence-corrected chi connectivity index (χ0v) is 12.8. The van der Waals surface area contributed by atoms with Crippen molar-refractivity contribution >= 4 is 17.5 Å². The minimum Gasteiger partial charge on any atom is -0.379 e. The molecule has 1 aliphatic heterocycles. The number of benzene rings is 1. The molecule has 0 bridgehead atoms. The molecular weight excluding hydrogens is 280 g/mol. The van der Waals surface area contributed by atoms with E-state index in [0.717, 1.165) is 24.9 Å². The van der Waals surface area contributed by atoms with Crippen LogP contribution in [0.1, 0.15) is 25.7 Å². The van der Waals surface area contributed by atoms with Crippen molar-refractivity contribution in [2.24, 2.45) is 5.92 Å². The molecular formula is C17H22N2O3. The number of rotatable bonds is 4. The molecule has 0 aromatic heterocycles.